The highest BCUT2D eigenvalue weighted by molar-refractivity contribution is 9.10. The SMILES string of the molecule is CC1(C)COC2(OC1)[C@H](Br)CC(C(C)(C)C)C[C@H]2Br. The quantitative estimate of drug-likeness (QED) is 0.549. The fraction of sp³-hybridized carbons (Fsp3) is 1.00. The molecule has 0 N–H and O–H groups in total. The zero-order valence-electron chi connectivity index (χ0n) is 12.6. The molecule has 0 amide bonds. The highest BCUT2D eigenvalue weighted by Gasteiger charge is 2.55. The molecule has 1 aliphatic carbocycles. The molecule has 1 spiro atoms. The van der Waals surface area contributed by atoms with Gasteiger partial charge in [-0.25, -0.2) is 0 Å². The molecule has 2 nitrogen and oxygen atoms in total. The van der Waals surface area contributed by atoms with Gasteiger partial charge in [0.1, 0.15) is 0 Å². The lowest BCUT2D eigenvalue weighted by Gasteiger charge is -2.53. The molecular weight excluding hydrogens is 372 g/mol. The molecule has 0 aromatic heterocycles. The van der Waals surface area contributed by atoms with Gasteiger partial charge in [-0.2, -0.15) is 0 Å². The minimum Gasteiger partial charge on any atom is -0.347 e. The van der Waals surface area contributed by atoms with Gasteiger partial charge in [0.2, 0.25) is 0 Å². The summed E-state index contributed by atoms with van der Waals surface area (Å²) in [6.45, 7) is 12.9. The van der Waals surface area contributed by atoms with E-state index in [4.69, 9.17) is 9.47 Å². The molecule has 1 saturated carbocycles. The molecule has 4 heteroatoms. The van der Waals surface area contributed by atoms with Gasteiger partial charge in [0.05, 0.1) is 22.9 Å². The van der Waals surface area contributed by atoms with Crippen LogP contribution in [0.3, 0.4) is 0 Å². The third kappa shape index (κ3) is 3.22. The van der Waals surface area contributed by atoms with Crippen LogP contribution in [0.5, 0.6) is 0 Å². The van der Waals surface area contributed by atoms with E-state index < -0.39 is 5.79 Å². The van der Waals surface area contributed by atoms with Gasteiger partial charge in [0, 0.05) is 5.41 Å². The first-order valence-electron chi connectivity index (χ1n) is 7.13. The van der Waals surface area contributed by atoms with Crippen LogP contribution in [0, 0.1) is 16.7 Å². The van der Waals surface area contributed by atoms with Crippen molar-refractivity contribution in [3.8, 4) is 0 Å². The summed E-state index contributed by atoms with van der Waals surface area (Å²) in [6, 6.07) is 0. The van der Waals surface area contributed by atoms with Crippen molar-refractivity contribution in [2.75, 3.05) is 13.2 Å². The maximum absolute atomic E-state index is 6.19. The van der Waals surface area contributed by atoms with Crippen LogP contribution in [0.15, 0.2) is 0 Å². The minimum absolute atomic E-state index is 0.117. The average Bonchev–Trinajstić information content (AvgIpc) is 2.26. The number of halogens is 2. The highest BCUT2D eigenvalue weighted by Crippen LogP contribution is 2.51. The van der Waals surface area contributed by atoms with Crippen molar-refractivity contribution < 1.29 is 9.47 Å². The molecule has 2 rings (SSSR count). The molecule has 2 aliphatic rings. The van der Waals surface area contributed by atoms with Crippen molar-refractivity contribution in [2.24, 2.45) is 16.7 Å². The Morgan fingerprint density at radius 2 is 1.37 bits per heavy atom. The summed E-state index contributed by atoms with van der Waals surface area (Å²) in [6.07, 6.45) is 2.21. The van der Waals surface area contributed by atoms with Crippen molar-refractivity contribution in [3.63, 3.8) is 0 Å². The summed E-state index contributed by atoms with van der Waals surface area (Å²) in [4.78, 5) is 0.497. The topological polar surface area (TPSA) is 18.5 Å². The minimum atomic E-state index is -0.489. The van der Waals surface area contributed by atoms with Gasteiger partial charge in [-0.15, -0.1) is 0 Å². The van der Waals surface area contributed by atoms with Crippen LogP contribution >= 0.6 is 31.9 Å². The normalized spacial score (nSPS) is 38.4. The molecule has 1 saturated heterocycles. The van der Waals surface area contributed by atoms with Gasteiger partial charge in [-0.1, -0.05) is 66.5 Å². The van der Waals surface area contributed by atoms with Crippen LogP contribution in [0.25, 0.3) is 0 Å². The van der Waals surface area contributed by atoms with Crippen LogP contribution in [0.4, 0.5) is 0 Å². The summed E-state index contributed by atoms with van der Waals surface area (Å²) < 4.78 is 12.4. The van der Waals surface area contributed by atoms with Crippen LogP contribution in [-0.4, -0.2) is 28.7 Å². The molecular formula is C15H26Br2O2. The monoisotopic (exact) mass is 396 g/mol. The highest BCUT2D eigenvalue weighted by atomic mass is 79.9. The second kappa shape index (κ2) is 5.26. The lowest BCUT2D eigenvalue weighted by atomic mass is 9.70. The molecule has 1 aliphatic heterocycles. The fourth-order valence-electron chi connectivity index (χ4n) is 2.89. The predicted molar refractivity (Wildman–Crippen MR) is 86.0 cm³/mol. The third-order valence-corrected chi connectivity index (χ3v) is 6.48. The molecule has 19 heavy (non-hydrogen) atoms. The largest absolute Gasteiger partial charge is 0.347 e. The maximum Gasteiger partial charge on any atom is 0.193 e. The van der Waals surface area contributed by atoms with Crippen molar-refractivity contribution in [2.45, 2.75) is 62.9 Å². The Kier molecular flexibility index (Phi) is 4.50. The molecule has 1 heterocycles. The van der Waals surface area contributed by atoms with Gasteiger partial charge in [0.25, 0.3) is 0 Å². The zero-order chi connectivity index (χ0) is 14.5. The van der Waals surface area contributed by atoms with Gasteiger partial charge in [-0.3, -0.25) is 0 Å². The first kappa shape index (κ1) is 16.3. The number of hydrogen-bond acceptors (Lipinski definition) is 2. The Hall–Kier alpha value is 0.880. The van der Waals surface area contributed by atoms with Gasteiger partial charge in [-0.05, 0) is 24.2 Å². The number of ether oxygens (including phenoxy) is 2. The van der Waals surface area contributed by atoms with Crippen molar-refractivity contribution in [1.82, 2.24) is 0 Å². The van der Waals surface area contributed by atoms with E-state index in [-0.39, 0.29) is 15.1 Å². The Labute approximate surface area is 134 Å². The predicted octanol–water partition coefficient (Wildman–Crippen LogP) is 4.74. The summed E-state index contributed by atoms with van der Waals surface area (Å²) in [5.41, 5.74) is 0.444. The van der Waals surface area contributed by atoms with Gasteiger partial charge >= 0.3 is 0 Å². The van der Waals surface area contributed by atoms with Crippen molar-refractivity contribution in [1.29, 1.82) is 0 Å². The number of hydrogen-bond donors (Lipinski definition) is 0. The summed E-state index contributed by atoms with van der Waals surface area (Å²) >= 11 is 7.68. The van der Waals surface area contributed by atoms with E-state index >= 15 is 0 Å². The zero-order valence-corrected chi connectivity index (χ0v) is 15.8. The average molecular weight is 398 g/mol. The summed E-state index contributed by atoms with van der Waals surface area (Å²) in [5.74, 6) is 0.186. The molecule has 0 bridgehead atoms. The number of rotatable bonds is 0. The van der Waals surface area contributed by atoms with Gasteiger partial charge in [0.15, 0.2) is 5.79 Å². The van der Waals surface area contributed by atoms with E-state index in [1.807, 2.05) is 0 Å². The standard InChI is InChI=1S/C15H26Br2O2/c1-13(2,3)10-6-11(16)15(12(17)7-10)18-8-14(4,5)9-19-15/h10-12H,6-9H2,1-5H3/t11-,12-/m1/s1. The summed E-state index contributed by atoms with van der Waals surface area (Å²) in [7, 11) is 0. The van der Waals surface area contributed by atoms with Gasteiger partial charge < -0.3 is 9.47 Å². The smallest absolute Gasteiger partial charge is 0.193 e. The van der Waals surface area contributed by atoms with Crippen LogP contribution in [0.1, 0.15) is 47.5 Å². The van der Waals surface area contributed by atoms with Crippen LogP contribution in [-0.2, 0) is 9.47 Å². The van der Waals surface area contributed by atoms with E-state index in [0.717, 1.165) is 26.1 Å². The molecule has 0 radical (unpaired) electrons. The van der Waals surface area contributed by atoms with E-state index in [2.05, 4.69) is 66.5 Å². The number of alkyl halides is 2. The first-order chi connectivity index (χ1) is 8.57. The second-order valence-electron chi connectivity index (χ2n) is 7.93. The van der Waals surface area contributed by atoms with E-state index in [1.54, 1.807) is 0 Å². The van der Waals surface area contributed by atoms with Crippen LogP contribution < -0.4 is 0 Å². The second-order valence-corrected chi connectivity index (χ2v) is 10.1. The molecule has 112 valence electrons. The molecule has 2 atom stereocenters. The lowest BCUT2D eigenvalue weighted by molar-refractivity contribution is -0.305. The van der Waals surface area contributed by atoms with E-state index in [1.165, 1.54) is 0 Å². The Balaban J connectivity index is 2.12. The van der Waals surface area contributed by atoms with E-state index in [0.29, 0.717) is 11.3 Å². The molecule has 0 aromatic carbocycles. The molecule has 2 fully saturated rings. The Morgan fingerprint density at radius 3 is 1.74 bits per heavy atom. The first-order valence-corrected chi connectivity index (χ1v) is 8.96. The fourth-order valence-corrected chi connectivity index (χ4v) is 5.31. The molecule has 0 aromatic rings. The van der Waals surface area contributed by atoms with E-state index in [9.17, 15) is 0 Å². The lowest BCUT2D eigenvalue weighted by Crippen LogP contribution is -2.61. The Bertz CT molecular complexity index is 312. The van der Waals surface area contributed by atoms with Crippen LogP contribution in [0.2, 0.25) is 0 Å². The third-order valence-electron chi connectivity index (χ3n) is 4.46. The Morgan fingerprint density at radius 1 is 0.947 bits per heavy atom. The summed E-state index contributed by atoms with van der Waals surface area (Å²) in [5, 5.41) is 0. The maximum atomic E-state index is 6.19. The van der Waals surface area contributed by atoms with Crippen molar-refractivity contribution in [3.05, 3.63) is 0 Å². The molecule has 0 unspecified atom stereocenters. The van der Waals surface area contributed by atoms with Crippen molar-refractivity contribution >= 4 is 31.9 Å².